The number of carbonyl (C=O) groups excluding carboxylic acids is 1. The molecule has 2 N–H and O–H groups in total. The summed E-state index contributed by atoms with van der Waals surface area (Å²) in [5, 5.41) is 0. The first-order chi connectivity index (χ1) is 6.41. The van der Waals surface area contributed by atoms with E-state index >= 15 is 0 Å². The van der Waals surface area contributed by atoms with E-state index in [1.165, 1.54) is 6.08 Å². The van der Waals surface area contributed by atoms with E-state index in [9.17, 15) is 4.79 Å². The van der Waals surface area contributed by atoms with Crippen molar-refractivity contribution in [2.75, 3.05) is 6.54 Å². The van der Waals surface area contributed by atoms with Gasteiger partial charge in [-0.25, -0.2) is 0 Å². The van der Waals surface area contributed by atoms with Gasteiger partial charge in [-0.1, -0.05) is 27.4 Å². The predicted molar refractivity (Wildman–Crippen MR) is 61.1 cm³/mol. The summed E-state index contributed by atoms with van der Waals surface area (Å²) in [5.41, 5.74) is 5.80. The molecule has 0 aliphatic heterocycles. The second-order valence-electron chi connectivity index (χ2n) is 4.85. The van der Waals surface area contributed by atoms with Crippen LogP contribution in [0.15, 0.2) is 12.7 Å². The quantitative estimate of drug-likeness (QED) is 0.665. The van der Waals surface area contributed by atoms with Crippen molar-refractivity contribution in [1.82, 2.24) is 0 Å². The number of hydrogen-bond donors (Lipinski definition) is 1. The minimum atomic E-state index is 0.135. The monoisotopic (exact) mass is 197 g/mol. The van der Waals surface area contributed by atoms with E-state index in [4.69, 9.17) is 5.73 Å². The molecular formula is C12H23NO. The molecule has 0 aliphatic rings. The van der Waals surface area contributed by atoms with Gasteiger partial charge < -0.3 is 5.73 Å². The minimum absolute atomic E-state index is 0.135. The van der Waals surface area contributed by atoms with Gasteiger partial charge >= 0.3 is 0 Å². The van der Waals surface area contributed by atoms with Gasteiger partial charge in [0.25, 0.3) is 0 Å². The lowest BCUT2D eigenvalue weighted by Crippen LogP contribution is -2.24. The van der Waals surface area contributed by atoms with Crippen LogP contribution in [0.5, 0.6) is 0 Å². The Morgan fingerprint density at radius 1 is 1.43 bits per heavy atom. The summed E-state index contributed by atoms with van der Waals surface area (Å²) in [6.07, 6.45) is 3.92. The van der Waals surface area contributed by atoms with Gasteiger partial charge in [0.05, 0.1) is 0 Å². The maximum atomic E-state index is 11.1. The Hall–Kier alpha value is -0.630. The first kappa shape index (κ1) is 13.4. The van der Waals surface area contributed by atoms with E-state index in [2.05, 4.69) is 27.4 Å². The lowest BCUT2D eigenvalue weighted by atomic mass is 9.76. The van der Waals surface area contributed by atoms with Gasteiger partial charge in [-0.05, 0) is 36.8 Å². The van der Waals surface area contributed by atoms with E-state index < -0.39 is 0 Å². The second-order valence-corrected chi connectivity index (χ2v) is 4.85. The van der Waals surface area contributed by atoms with Crippen LogP contribution in [0.2, 0.25) is 0 Å². The van der Waals surface area contributed by atoms with Gasteiger partial charge in [0.1, 0.15) is 0 Å². The van der Waals surface area contributed by atoms with Crippen LogP contribution in [0.4, 0.5) is 0 Å². The predicted octanol–water partition coefficient (Wildman–Crippen LogP) is 2.53. The molecule has 82 valence electrons. The normalized spacial score (nSPS) is 13.7. The molecule has 0 rings (SSSR count). The maximum absolute atomic E-state index is 11.1. The Kier molecular flexibility index (Phi) is 5.70. The standard InChI is InChI=1S/C12H23NO/c1-5-11(14)7-6-10(8-9-13)12(2,3)4/h5,10H,1,6-9,13H2,2-4H3. The summed E-state index contributed by atoms with van der Waals surface area (Å²) >= 11 is 0. The molecule has 2 nitrogen and oxygen atoms in total. The number of hydrogen-bond acceptors (Lipinski definition) is 2. The third kappa shape index (κ3) is 5.18. The summed E-state index contributed by atoms with van der Waals surface area (Å²) in [5.74, 6) is 0.660. The molecule has 0 radical (unpaired) electrons. The molecule has 0 saturated heterocycles. The fraction of sp³-hybridized carbons (Fsp3) is 0.750. The summed E-state index contributed by atoms with van der Waals surface area (Å²) in [4.78, 5) is 11.1. The van der Waals surface area contributed by atoms with Crippen molar-refractivity contribution < 1.29 is 4.79 Å². The van der Waals surface area contributed by atoms with Crippen LogP contribution in [0, 0.1) is 11.3 Å². The number of ketones is 1. The van der Waals surface area contributed by atoms with Gasteiger partial charge in [-0.3, -0.25) is 4.79 Å². The molecule has 14 heavy (non-hydrogen) atoms. The Bertz CT molecular complexity index is 191. The van der Waals surface area contributed by atoms with Crippen molar-refractivity contribution in [1.29, 1.82) is 0 Å². The van der Waals surface area contributed by atoms with E-state index in [-0.39, 0.29) is 11.2 Å². The molecule has 0 spiro atoms. The highest BCUT2D eigenvalue weighted by molar-refractivity contribution is 5.88. The zero-order chi connectivity index (χ0) is 11.2. The molecule has 0 saturated carbocycles. The molecular weight excluding hydrogens is 174 g/mol. The first-order valence-corrected chi connectivity index (χ1v) is 5.27. The molecule has 0 aromatic rings. The Labute approximate surface area is 87.6 Å². The lowest BCUT2D eigenvalue weighted by Gasteiger charge is -2.30. The molecule has 0 heterocycles. The highest BCUT2D eigenvalue weighted by atomic mass is 16.1. The molecule has 0 aromatic heterocycles. The zero-order valence-corrected chi connectivity index (χ0v) is 9.68. The maximum Gasteiger partial charge on any atom is 0.155 e. The molecule has 0 aromatic carbocycles. The molecule has 1 atom stereocenters. The van der Waals surface area contributed by atoms with Gasteiger partial charge in [0.15, 0.2) is 5.78 Å². The summed E-state index contributed by atoms with van der Waals surface area (Å²) in [6, 6.07) is 0. The fourth-order valence-corrected chi connectivity index (χ4v) is 1.63. The van der Waals surface area contributed by atoms with Crippen molar-refractivity contribution in [2.24, 2.45) is 17.1 Å². The number of carbonyl (C=O) groups is 1. The number of rotatable bonds is 6. The first-order valence-electron chi connectivity index (χ1n) is 5.27. The Balaban J connectivity index is 4.10. The molecule has 0 fully saturated rings. The van der Waals surface area contributed by atoms with E-state index in [0.29, 0.717) is 18.9 Å². The Morgan fingerprint density at radius 2 is 2.00 bits per heavy atom. The van der Waals surface area contributed by atoms with Crippen molar-refractivity contribution in [3.63, 3.8) is 0 Å². The van der Waals surface area contributed by atoms with Crippen LogP contribution in [0.1, 0.15) is 40.0 Å². The van der Waals surface area contributed by atoms with Crippen molar-refractivity contribution in [3.05, 3.63) is 12.7 Å². The second kappa shape index (κ2) is 5.97. The Morgan fingerprint density at radius 3 is 2.36 bits per heavy atom. The van der Waals surface area contributed by atoms with E-state index in [1.54, 1.807) is 0 Å². The average molecular weight is 197 g/mol. The molecule has 0 amide bonds. The highest BCUT2D eigenvalue weighted by Gasteiger charge is 2.23. The molecule has 0 aliphatic carbocycles. The third-order valence-corrected chi connectivity index (χ3v) is 2.71. The van der Waals surface area contributed by atoms with Gasteiger partial charge in [-0.2, -0.15) is 0 Å². The molecule has 2 heteroatoms. The SMILES string of the molecule is C=CC(=O)CCC(CCN)C(C)(C)C. The number of nitrogens with two attached hydrogens (primary N) is 1. The third-order valence-electron chi connectivity index (χ3n) is 2.71. The van der Waals surface area contributed by atoms with Crippen LogP contribution in [-0.4, -0.2) is 12.3 Å². The van der Waals surface area contributed by atoms with E-state index in [1.807, 2.05) is 0 Å². The zero-order valence-electron chi connectivity index (χ0n) is 9.68. The average Bonchev–Trinajstić information content (AvgIpc) is 2.09. The van der Waals surface area contributed by atoms with Crippen LogP contribution in [0.3, 0.4) is 0 Å². The molecule has 1 unspecified atom stereocenters. The van der Waals surface area contributed by atoms with Crippen LogP contribution < -0.4 is 5.73 Å². The van der Waals surface area contributed by atoms with Crippen LogP contribution >= 0.6 is 0 Å². The lowest BCUT2D eigenvalue weighted by molar-refractivity contribution is -0.115. The van der Waals surface area contributed by atoms with Crippen LogP contribution in [0.25, 0.3) is 0 Å². The van der Waals surface area contributed by atoms with Crippen molar-refractivity contribution in [3.8, 4) is 0 Å². The molecule has 0 bridgehead atoms. The fourth-order valence-electron chi connectivity index (χ4n) is 1.63. The van der Waals surface area contributed by atoms with Crippen molar-refractivity contribution in [2.45, 2.75) is 40.0 Å². The minimum Gasteiger partial charge on any atom is -0.330 e. The summed E-state index contributed by atoms with van der Waals surface area (Å²) < 4.78 is 0. The summed E-state index contributed by atoms with van der Waals surface area (Å²) in [6.45, 7) is 10.8. The smallest absolute Gasteiger partial charge is 0.155 e. The van der Waals surface area contributed by atoms with E-state index in [0.717, 1.165) is 12.8 Å². The topological polar surface area (TPSA) is 43.1 Å². The van der Waals surface area contributed by atoms with Gasteiger partial charge in [0.2, 0.25) is 0 Å². The van der Waals surface area contributed by atoms with Crippen molar-refractivity contribution >= 4 is 5.78 Å². The largest absolute Gasteiger partial charge is 0.330 e. The highest BCUT2D eigenvalue weighted by Crippen LogP contribution is 2.32. The summed E-state index contributed by atoms with van der Waals surface area (Å²) in [7, 11) is 0. The number of allylic oxidation sites excluding steroid dienone is 1. The van der Waals surface area contributed by atoms with Gasteiger partial charge in [-0.15, -0.1) is 0 Å². The van der Waals surface area contributed by atoms with Gasteiger partial charge in [0, 0.05) is 6.42 Å². The van der Waals surface area contributed by atoms with Crippen LogP contribution in [-0.2, 0) is 4.79 Å².